The van der Waals surface area contributed by atoms with E-state index in [1.54, 1.807) is 7.11 Å². The van der Waals surface area contributed by atoms with Crippen LogP contribution in [0.25, 0.3) is 0 Å². The summed E-state index contributed by atoms with van der Waals surface area (Å²) in [6.45, 7) is 2.79. The van der Waals surface area contributed by atoms with Gasteiger partial charge in [-0.1, -0.05) is 23.7 Å². The van der Waals surface area contributed by atoms with E-state index in [4.69, 9.17) is 31.2 Å². The van der Waals surface area contributed by atoms with Crippen LogP contribution in [-0.2, 0) is 6.54 Å². The van der Waals surface area contributed by atoms with Gasteiger partial charge < -0.3 is 19.7 Å². The Bertz CT molecular complexity index is 1160. The smallest absolute Gasteiger partial charge is 0.242 e. The maximum absolute atomic E-state index is 6.32. The molecule has 1 aliphatic carbocycles. The van der Waals surface area contributed by atoms with Crippen LogP contribution in [0.3, 0.4) is 0 Å². The second-order valence-electron chi connectivity index (χ2n) is 9.32. The Hall–Kier alpha value is -3.07. The Kier molecular flexibility index (Phi) is 5.64. The quantitative estimate of drug-likeness (QED) is 0.565. The lowest BCUT2D eigenvalue weighted by Crippen LogP contribution is -2.48. The third-order valence-corrected chi connectivity index (χ3v) is 7.56. The summed E-state index contributed by atoms with van der Waals surface area (Å²) in [5, 5.41) is 17.2. The van der Waals surface area contributed by atoms with Crippen molar-refractivity contribution in [2.75, 3.05) is 30.4 Å². The van der Waals surface area contributed by atoms with E-state index in [-0.39, 0.29) is 6.10 Å². The number of nitrogens with one attached hydrogen (secondary N) is 1. The molecular weight excluding hydrogens is 454 g/mol. The molecule has 3 aliphatic rings. The fourth-order valence-electron chi connectivity index (χ4n) is 5.61. The molecule has 178 valence electrons. The summed E-state index contributed by atoms with van der Waals surface area (Å²) < 4.78 is 13.5. The van der Waals surface area contributed by atoms with Crippen molar-refractivity contribution < 1.29 is 9.47 Å². The SMILES string of the molecule is COc1cc(N2C[C@H]3CC[C@@H](C2)[C@@H]3Nc2nc3n(n2)CCC[C@H]3Oc2ccccc2Cl)cnn1. The second kappa shape index (κ2) is 8.94. The highest BCUT2D eigenvalue weighted by molar-refractivity contribution is 6.32. The normalized spacial score (nSPS) is 25.6. The van der Waals surface area contributed by atoms with Crippen LogP contribution in [0.5, 0.6) is 11.6 Å². The van der Waals surface area contributed by atoms with Gasteiger partial charge in [0.25, 0.3) is 0 Å². The summed E-state index contributed by atoms with van der Waals surface area (Å²) in [4.78, 5) is 7.27. The summed E-state index contributed by atoms with van der Waals surface area (Å²) in [5.41, 5.74) is 1.07. The Morgan fingerprint density at radius 1 is 1.12 bits per heavy atom. The van der Waals surface area contributed by atoms with Crippen LogP contribution in [0.4, 0.5) is 11.6 Å². The molecule has 1 saturated heterocycles. The zero-order valence-electron chi connectivity index (χ0n) is 19.1. The van der Waals surface area contributed by atoms with Crippen molar-refractivity contribution in [3.63, 3.8) is 0 Å². The van der Waals surface area contributed by atoms with Crippen LogP contribution < -0.4 is 19.7 Å². The molecule has 0 radical (unpaired) electrons. The minimum absolute atomic E-state index is 0.149. The summed E-state index contributed by atoms with van der Waals surface area (Å²) in [6, 6.07) is 9.91. The minimum Gasteiger partial charge on any atom is -0.481 e. The summed E-state index contributed by atoms with van der Waals surface area (Å²) >= 11 is 6.32. The van der Waals surface area contributed by atoms with Gasteiger partial charge in [-0.25, -0.2) is 4.68 Å². The number of fused-ring (bicyclic) bond motifs is 3. The second-order valence-corrected chi connectivity index (χ2v) is 9.73. The summed E-state index contributed by atoms with van der Waals surface area (Å²) in [6.07, 6.45) is 5.96. The molecule has 9 nitrogen and oxygen atoms in total. The number of hydrogen-bond acceptors (Lipinski definition) is 8. The molecule has 2 aliphatic heterocycles. The lowest BCUT2D eigenvalue weighted by Gasteiger charge is -2.39. The first-order valence-electron chi connectivity index (χ1n) is 11.9. The predicted molar refractivity (Wildman–Crippen MR) is 128 cm³/mol. The van der Waals surface area contributed by atoms with Crippen LogP contribution in [0.2, 0.25) is 5.02 Å². The van der Waals surface area contributed by atoms with Crippen LogP contribution in [-0.4, -0.2) is 51.2 Å². The number of methoxy groups -OCH3 is 1. The third-order valence-electron chi connectivity index (χ3n) is 7.25. The summed E-state index contributed by atoms with van der Waals surface area (Å²) in [7, 11) is 1.62. The fraction of sp³-hybridized carbons (Fsp3) is 0.500. The topological polar surface area (TPSA) is 90.2 Å². The first-order valence-corrected chi connectivity index (χ1v) is 12.3. The third kappa shape index (κ3) is 4.02. The number of hydrogen-bond donors (Lipinski definition) is 1. The first-order chi connectivity index (χ1) is 16.7. The molecule has 2 aromatic heterocycles. The van der Waals surface area contributed by atoms with E-state index < -0.39 is 0 Å². The number of ether oxygens (including phenoxy) is 2. The van der Waals surface area contributed by atoms with Crippen molar-refractivity contribution in [1.29, 1.82) is 0 Å². The molecule has 1 N–H and O–H groups in total. The Balaban J connectivity index is 1.16. The Labute approximate surface area is 203 Å². The number of benzene rings is 1. The van der Waals surface area contributed by atoms with Crippen molar-refractivity contribution in [1.82, 2.24) is 25.0 Å². The molecule has 2 bridgehead atoms. The number of piperidine rings is 1. The number of para-hydroxylation sites is 1. The zero-order chi connectivity index (χ0) is 23.1. The van der Waals surface area contributed by atoms with Crippen molar-refractivity contribution in [2.45, 2.75) is 44.4 Å². The van der Waals surface area contributed by atoms with Gasteiger partial charge in [-0.2, -0.15) is 10.1 Å². The van der Waals surface area contributed by atoms with Gasteiger partial charge in [-0.15, -0.1) is 10.2 Å². The minimum atomic E-state index is -0.149. The van der Waals surface area contributed by atoms with Gasteiger partial charge in [-0.3, -0.25) is 0 Å². The molecule has 0 spiro atoms. The number of rotatable bonds is 6. The van der Waals surface area contributed by atoms with E-state index in [0.717, 1.165) is 44.0 Å². The highest BCUT2D eigenvalue weighted by Crippen LogP contribution is 2.40. The number of anilines is 2. The number of nitrogens with zero attached hydrogens (tertiary/aromatic N) is 6. The van der Waals surface area contributed by atoms with Crippen molar-refractivity contribution in [2.24, 2.45) is 11.8 Å². The maximum atomic E-state index is 6.32. The maximum Gasteiger partial charge on any atom is 0.242 e. The van der Waals surface area contributed by atoms with Crippen LogP contribution in [0, 0.1) is 11.8 Å². The van der Waals surface area contributed by atoms with Gasteiger partial charge in [0.2, 0.25) is 11.8 Å². The lowest BCUT2D eigenvalue weighted by molar-refractivity contribution is 0.155. The van der Waals surface area contributed by atoms with Crippen LogP contribution >= 0.6 is 11.6 Å². The summed E-state index contributed by atoms with van der Waals surface area (Å²) in [5.74, 6) is 3.85. The lowest BCUT2D eigenvalue weighted by atomic mass is 9.92. The van der Waals surface area contributed by atoms with Gasteiger partial charge in [0.1, 0.15) is 5.75 Å². The molecule has 3 aromatic rings. The van der Waals surface area contributed by atoms with E-state index in [1.165, 1.54) is 12.8 Å². The average Bonchev–Trinajstić information content (AvgIpc) is 3.37. The molecule has 34 heavy (non-hydrogen) atoms. The number of aromatic nitrogens is 5. The molecule has 4 heterocycles. The largest absolute Gasteiger partial charge is 0.481 e. The zero-order valence-corrected chi connectivity index (χ0v) is 19.9. The molecule has 1 saturated carbocycles. The van der Waals surface area contributed by atoms with Gasteiger partial charge in [0.15, 0.2) is 11.9 Å². The molecule has 6 rings (SSSR count). The fourth-order valence-corrected chi connectivity index (χ4v) is 5.79. The molecule has 0 amide bonds. The highest BCUT2D eigenvalue weighted by atomic mass is 35.5. The number of aryl methyl sites for hydroxylation is 1. The van der Waals surface area contributed by atoms with E-state index in [9.17, 15) is 0 Å². The molecule has 4 atom stereocenters. The average molecular weight is 482 g/mol. The predicted octanol–water partition coefficient (Wildman–Crippen LogP) is 3.97. The van der Waals surface area contributed by atoms with E-state index in [1.807, 2.05) is 41.2 Å². The molecule has 2 fully saturated rings. The Morgan fingerprint density at radius 2 is 1.94 bits per heavy atom. The van der Waals surface area contributed by atoms with E-state index in [0.29, 0.717) is 40.5 Å². The standard InChI is InChI=1S/C24H28ClN7O2/c1-33-21-11-17(12-26-29-21)31-13-15-8-9-16(14-31)22(15)27-24-28-23-20(7-4-10-32(23)30-24)34-19-6-3-2-5-18(19)25/h2-3,5-6,11-12,15-16,20,22H,4,7-10,13-14H2,1H3,(H,27,30)/t15-,16+,20-,22-/m1/s1. The van der Waals surface area contributed by atoms with Gasteiger partial charge in [0.05, 0.1) is 24.0 Å². The van der Waals surface area contributed by atoms with Crippen molar-refractivity contribution in [3.8, 4) is 11.6 Å². The van der Waals surface area contributed by atoms with Crippen LogP contribution in [0.1, 0.15) is 37.6 Å². The van der Waals surface area contributed by atoms with Gasteiger partial charge in [-0.05, 0) is 49.7 Å². The Morgan fingerprint density at radius 3 is 2.74 bits per heavy atom. The van der Waals surface area contributed by atoms with Gasteiger partial charge in [0, 0.05) is 31.7 Å². The van der Waals surface area contributed by atoms with Gasteiger partial charge >= 0.3 is 0 Å². The first kappa shape index (κ1) is 21.5. The van der Waals surface area contributed by atoms with E-state index >= 15 is 0 Å². The van der Waals surface area contributed by atoms with Crippen LogP contribution in [0.15, 0.2) is 36.5 Å². The van der Waals surface area contributed by atoms with E-state index in [2.05, 4.69) is 20.4 Å². The monoisotopic (exact) mass is 481 g/mol. The highest BCUT2D eigenvalue weighted by Gasteiger charge is 2.43. The number of halogens is 1. The van der Waals surface area contributed by atoms with Crippen molar-refractivity contribution >= 4 is 23.2 Å². The molecular formula is C24H28ClN7O2. The van der Waals surface area contributed by atoms with Crippen molar-refractivity contribution in [3.05, 3.63) is 47.4 Å². The molecule has 0 unspecified atom stereocenters. The molecule has 10 heteroatoms. The molecule has 1 aromatic carbocycles.